The molecule has 2 heterocycles. The topological polar surface area (TPSA) is 70.7 Å². The Kier molecular flexibility index (Phi) is 5.78. The van der Waals surface area contributed by atoms with Gasteiger partial charge in [0.25, 0.3) is 0 Å². The first-order chi connectivity index (χ1) is 15.9. The quantitative estimate of drug-likeness (QED) is 0.674. The maximum Gasteiger partial charge on any atom is 0.236 e. The Hall–Kier alpha value is -3.00. The van der Waals surface area contributed by atoms with Crippen LogP contribution in [-0.2, 0) is 16.2 Å². The molecule has 2 aromatic carbocycles. The summed E-state index contributed by atoms with van der Waals surface area (Å²) in [5.74, 6) is -1.44. The van der Waals surface area contributed by atoms with Crippen LogP contribution >= 0.6 is 0 Å². The number of ether oxygens (including phenoxy) is 1. The number of likely N-dealkylation sites (tertiary alicyclic amines) is 1. The van der Waals surface area contributed by atoms with Crippen molar-refractivity contribution in [3.8, 4) is 5.75 Å². The van der Waals surface area contributed by atoms with E-state index in [1.165, 1.54) is 6.07 Å². The number of hydrogen-bond acceptors (Lipinski definition) is 4. The van der Waals surface area contributed by atoms with Gasteiger partial charge in [0.2, 0.25) is 11.8 Å². The van der Waals surface area contributed by atoms with Gasteiger partial charge in [0, 0.05) is 43.2 Å². The Morgan fingerprint density at radius 3 is 2.79 bits per heavy atom. The van der Waals surface area contributed by atoms with Crippen LogP contribution in [0, 0.1) is 17.0 Å². The summed E-state index contributed by atoms with van der Waals surface area (Å²) in [5, 5.41) is 6.09. The van der Waals surface area contributed by atoms with Gasteiger partial charge in [-0.05, 0) is 30.9 Å². The van der Waals surface area contributed by atoms with E-state index in [1.807, 2.05) is 30.3 Å². The molecule has 3 fully saturated rings. The summed E-state index contributed by atoms with van der Waals surface area (Å²) in [4.78, 5) is 26.6. The smallest absolute Gasteiger partial charge is 0.236 e. The molecule has 2 amide bonds. The van der Waals surface area contributed by atoms with Crippen LogP contribution < -0.4 is 15.4 Å². The minimum atomic E-state index is -0.722. The fourth-order valence-corrected chi connectivity index (χ4v) is 5.02. The van der Waals surface area contributed by atoms with Gasteiger partial charge in [-0.3, -0.25) is 9.59 Å². The van der Waals surface area contributed by atoms with Gasteiger partial charge in [0.1, 0.15) is 12.4 Å². The number of nitrogens with zero attached hydrogens (tertiary/aromatic N) is 1. The van der Waals surface area contributed by atoms with Crippen LogP contribution in [0.3, 0.4) is 0 Å². The molecule has 3 unspecified atom stereocenters. The lowest BCUT2D eigenvalue weighted by Gasteiger charge is -2.21. The van der Waals surface area contributed by atoms with Crippen molar-refractivity contribution in [1.82, 2.24) is 15.5 Å². The highest BCUT2D eigenvalue weighted by molar-refractivity contribution is 5.87. The maximum atomic E-state index is 14.5. The number of halogens is 2. The number of nitrogens with one attached hydrogen (secondary N) is 2. The van der Waals surface area contributed by atoms with Crippen LogP contribution in [0.4, 0.5) is 8.78 Å². The zero-order valence-electron chi connectivity index (χ0n) is 18.3. The molecule has 0 radical (unpaired) electrons. The average molecular weight is 456 g/mol. The fraction of sp³-hybridized carbons (Fsp3) is 0.440. The summed E-state index contributed by atoms with van der Waals surface area (Å²) in [6, 6.07) is 11.5. The Labute approximate surface area is 191 Å². The largest absolute Gasteiger partial charge is 0.486 e. The Balaban J connectivity index is 1.19. The molecule has 1 saturated carbocycles. The monoisotopic (exact) mass is 455 g/mol. The molecule has 5 rings (SSSR count). The highest BCUT2D eigenvalue weighted by Crippen LogP contribution is 2.46. The van der Waals surface area contributed by atoms with E-state index in [1.54, 1.807) is 4.90 Å². The van der Waals surface area contributed by atoms with Crippen LogP contribution in [0.1, 0.15) is 36.3 Å². The van der Waals surface area contributed by atoms with Crippen LogP contribution in [0.15, 0.2) is 42.5 Å². The van der Waals surface area contributed by atoms with Gasteiger partial charge >= 0.3 is 0 Å². The summed E-state index contributed by atoms with van der Waals surface area (Å²) < 4.78 is 34.3. The molecule has 2 N–H and O–H groups in total. The van der Waals surface area contributed by atoms with Gasteiger partial charge < -0.3 is 20.3 Å². The molecule has 6 nitrogen and oxygen atoms in total. The van der Waals surface area contributed by atoms with Gasteiger partial charge in [-0.2, -0.15) is 0 Å². The lowest BCUT2D eigenvalue weighted by Crippen LogP contribution is -2.40. The fourth-order valence-electron chi connectivity index (χ4n) is 5.02. The minimum absolute atomic E-state index is 0.0455. The summed E-state index contributed by atoms with van der Waals surface area (Å²) in [5.41, 5.74) is 0.945. The predicted octanol–water partition coefficient (Wildman–Crippen LogP) is 2.73. The first kappa shape index (κ1) is 21.8. The lowest BCUT2D eigenvalue weighted by atomic mass is 9.86. The molecule has 3 atom stereocenters. The van der Waals surface area contributed by atoms with Crippen LogP contribution in [0.25, 0.3) is 0 Å². The Morgan fingerprint density at radius 1 is 1.21 bits per heavy atom. The van der Waals surface area contributed by atoms with Crippen molar-refractivity contribution in [2.75, 3.05) is 26.2 Å². The summed E-state index contributed by atoms with van der Waals surface area (Å²) in [6.45, 7) is 2.03. The highest BCUT2D eigenvalue weighted by atomic mass is 19.1. The zero-order valence-corrected chi connectivity index (χ0v) is 18.3. The first-order valence-corrected chi connectivity index (χ1v) is 11.4. The molecule has 8 heteroatoms. The molecular formula is C25H27F2N3O3. The number of rotatable bonds is 7. The van der Waals surface area contributed by atoms with Gasteiger partial charge in [-0.15, -0.1) is 0 Å². The average Bonchev–Trinajstić information content (AvgIpc) is 3.31. The second kappa shape index (κ2) is 8.74. The normalized spacial score (nSPS) is 26.0. The van der Waals surface area contributed by atoms with E-state index in [9.17, 15) is 18.4 Å². The third-order valence-corrected chi connectivity index (χ3v) is 7.05. The molecule has 2 saturated heterocycles. The Bertz CT molecular complexity index is 1060. The van der Waals surface area contributed by atoms with Crippen molar-refractivity contribution < 1.29 is 23.1 Å². The van der Waals surface area contributed by atoms with Crippen molar-refractivity contribution in [3.05, 3.63) is 65.2 Å². The molecule has 3 aliphatic rings. The third kappa shape index (κ3) is 4.44. The number of hydrogen-bond donors (Lipinski definition) is 2. The molecule has 2 aliphatic heterocycles. The van der Waals surface area contributed by atoms with Gasteiger partial charge in [0.05, 0.1) is 12.0 Å². The molecule has 1 aliphatic carbocycles. The standard InChI is InChI=1S/C25H27F2N3O3/c26-17-10-19(23(20(27)11-17)33-14-16-4-2-1-3-5-16)18-12-21(18)29-13-22(31)30-9-7-25(15-30)6-8-28-24(25)32/h1-5,10-11,18,21,29H,6-9,12-15H2,(H,28,32). The molecule has 0 aromatic heterocycles. The van der Waals surface area contributed by atoms with Crippen molar-refractivity contribution in [2.45, 2.75) is 37.8 Å². The van der Waals surface area contributed by atoms with Crippen LogP contribution in [0.2, 0.25) is 0 Å². The number of carbonyl (C=O) groups is 2. The van der Waals surface area contributed by atoms with Crippen molar-refractivity contribution in [2.24, 2.45) is 5.41 Å². The van der Waals surface area contributed by atoms with E-state index >= 15 is 0 Å². The molecule has 2 aromatic rings. The van der Waals surface area contributed by atoms with E-state index in [2.05, 4.69) is 10.6 Å². The van der Waals surface area contributed by atoms with Crippen molar-refractivity contribution in [3.63, 3.8) is 0 Å². The molecule has 33 heavy (non-hydrogen) atoms. The molecule has 0 bridgehead atoms. The van der Waals surface area contributed by atoms with E-state index in [0.29, 0.717) is 38.0 Å². The lowest BCUT2D eigenvalue weighted by molar-refractivity contribution is -0.131. The van der Waals surface area contributed by atoms with E-state index in [-0.39, 0.29) is 42.7 Å². The van der Waals surface area contributed by atoms with Crippen molar-refractivity contribution in [1.29, 1.82) is 0 Å². The number of amides is 2. The molecule has 1 spiro atoms. The van der Waals surface area contributed by atoms with Crippen LogP contribution in [0.5, 0.6) is 5.75 Å². The van der Waals surface area contributed by atoms with Gasteiger partial charge in [-0.25, -0.2) is 8.78 Å². The van der Waals surface area contributed by atoms with E-state index in [4.69, 9.17) is 4.74 Å². The summed E-state index contributed by atoms with van der Waals surface area (Å²) >= 11 is 0. The van der Waals surface area contributed by atoms with Crippen molar-refractivity contribution >= 4 is 11.8 Å². The first-order valence-electron chi connectivity index (χ1n) is 11.4. The second-order valence-corrected chi connectivity index (χ2v) is 9.26. The van der Waals surface area contributed by atoms with E-state index in [0.717, 1.165) is 18.1 Å². The zero-order chi connectivity index (χ0) is 23.0. The van der Waals surface area contributed by atoms with Gasteiger partial charge in [-0.1, -0.05) is 30.3 Å². The highest BCUT2D eigenvalue weighted by Gasteiger charge is 2.48. The summed E-state index contributed by atoms with van der Waals surface area (Å²) in [6.07, 6.45) is 2.14. The molecule has 174 valence electrons. The van der Waals surface area contributed by atoms with E-state index < -0.39 is 17.0 Å². The van der Waals surface area contributed by atoms with Gasteiger partial charge in [0.15, 0.2) is 11.6 Å². The Morgan fingerprint density at radius 2 is 2.03 bits per heavy atom. The predicted molar refractivity (Wildman–Crippen MR) is 118 cm³/mol. The summed E-state index contributed by atoms with van der Waals surface area (Å²) in [7, 11) is 0. The minimum Gasteiger partial charge on any atom is -0.486 e. The second-order valence-electron chi connectivity index (χ2n) is 9.26. The molecular weight excluding hydrogens is 428 g/mol. The third-order valence-electron chi connectivity index (χ3n) is 7.05. The maximum absolute atomic E-state index is 14.5. The van der Waals surface area contributed by atoms with Crippen LogP contribution in [-0.4, -0.2) is 48.9 Å². The number of carbonyl (C=O) groups excluding carboxylic acids is 2. The number of benzene rings is 2. The SMILES string of the molecule is O=C(CNC1CC1c1cc(F)cc(F)c1OCc1ccccc1)N1CCC2(CCNC2=O)C1.